The monoisotopic (exact) mass is 214 g/mol. The molecule has 15 heavy (non-hydrogen) atoms. The second-order valence-electron chi connectivity index (χ2n) is 3.95. The van der Waals surface area contributed by atoms with Crippen LogP contribution in [0.15, 0.2) is 18.3 Å². The lowest BCUT2D eigenvalue weighted by molar-refractivity contribution is 0.151. The first-order valence-corrected chi connectivity index (χ1v) is 5.01. The molecule has 0 saturated heterocycles. The van der Waals surface area contributed by atoms with Gasteiger partial charge in [0.2, 0.25) is 0 Å². The number of nitrogens with zero attached hydrogens (tertiary/aromatic N) is 1. The van der Waals surface area contributed by atoms with Crippen molar-refractivity contribution in [3.8, 4) is 0 Å². The summed E-state index contributed by atoms with van der Waals surface area (Å²) >= 11 is 0. The van der Waals surface area contributed by atoms with Gasteiger partial charge in [-0.25, -0.2) is 13.8 Å². The summed E-state index contributed by atoms with van der Waals surface area (Å²) in [6.07, 6.45) is -1.04. The third-order valence-corrected chi connectivity index (χ3v) is 2.41. The van der Waals surface area contributed by atoms with Crippen LogP contribution in [0.25, 0.3) is 0 Å². The molecule has 1 aromatic rings. The number of nitrogens with one attached hydrogen (secondary N) is 1. The molecule has 0 radical (unpaired) electrons. The van der Waals surface area contributed by atoms with Crippen molar-refractivity contribution in [3.63, 3.8) is 0 Å². The van der Waals surface area contributed by atoms with Crippen molar-refractivity contribution in [1.29, 1.82) is 0 Å². The van der Waals surface area contributed by atoms with Gasteiger partial charge in [0.25, 0.3) is 6.43 Å². The minimum Gasteiger partial charge on any atom is -0.367 e. The summed E-state index contributed by atoms with van der Waals surface area (Å²) in [6, 6.07) is 2.94. The summed E-state index contributed by atoms with van der Waals surface area (Å²) in [5.74, 6) is 0.941. The zero-order valence-electron chi connectivity index (χ0n) is 9.17. The van der Waals surface area contributed by atoms with Gasteiger partial charge < -0.3 is 5.32 Å². The Morgan fingerprint density at radius 2 is 1.93 bits per heavy atom. The highest BCUT2D eigenvalue weighted by Crippen LogP contribution is 2.20. The van der Waals surface area contributed by atoms with Crippen LogP contribution in [0.3, 0.4) is 0 Å². The largest absolute Gasteiger partial charge is 0.367 e. The lowest BCUT2D eigenvalue weighted by Gasteiger charge is -2.18. The Morgan fingerprint density at radius 1 is 1.27 bits per heavy atom. The van der Waals surface area contributed by atoms with E-state index in [4.69, 9.17) is 0 Å². The van der Waals surface area contributed by atoms with Crippen molar-refractivity contribution in [2.24, 2.45) is 5.92 Å². The maximum atomic E-state index is 12.4. The number of aromatic nitrogens is 1. The molecule has 1 rings (SSSR count). The summed E-state index contributed by atoms with van der Waals surface area (Å²) in [7, 11) is 0. The lowest BCUT2D eigenvalue weighted by Crippen LogP contribution is -2.22. The van der Waals surface area contributed by atoms with Crippen molar-refractivity contribution in [2.45, 2.75) is 33.2 Å². The van der Waals surface area contributed by atoms with Crippen LogP contribution < -0.4 is 5.32 Å². The molecule has 0 aliphatic rings. The summed E-state index contributed by atoms with van der Waals surface area (Å²) in [5.41, 5.74) is 0.00320. The van der Waals surface area contributed by atoms with E-state index < -0.39 is 6.43 Å². The van der Waals surface area contributed by atoms with Gasteiger partial charge in [-0.1, -0.05) is 13.8 Å². The highest BCUT2D eigenvalue weighted by Gasteiger charge is 2.10. The zero-order chi connectivity index (χ0) is 11.4. The molecule has 1 aromatic heterocycles. The molecule has 0 aromatic carbocycles. The van der Waals surface area contributed by atoms with Crippen molar-refractivity contribution in [1.82, 2.24) is 4.98 Å². The SMILES string of the molecule is CC(C)[C@@H](C)Nc1cc(C(F)F)ccn1. The molecule has 0 aliphatic carbocycles. The van der Waals surface area contributed by atoms with Gasteiger partial charge in [-0.2, -0.15) is 0 Å². The van der Waals surface area contributed by atoms with Crippen LogP contribution in [-0.4, -0.2) is 11.0 Å². The van der Waals surface area contributed by atoms with Crippen LogP contribution in [0.5, 0.6) is 0 Å². The molecule has 1 heterocycles. The van der Waals surface area contributed by atoms with Gasteiger partial charge in [0.1, 0.15) is 5.82 Å². The fraction of sp³-hybridized carbons (Fsp3) is 0.545. The van der Waals surface area contributed by atoms with Crippen molar-refractivity contribution in [3.05, 3.63) is 23.9 Å². The van der Waals surface area contributed by atoms with E-state index in [9.17, 15) is 8.78 Å². The van der Waals surface area contributed by atoms with E-state index in [1.165, 1.54) is 18.3 Å². The second-order valence-corrected chi connectivity index (χ2v) is 3.95. The predicted molar refractivity (Wildman–Crippen MR) is 57.1 cm³/mol. The zero-order valence-corrected chi connectivity index (χ0v) is 9.17. The van der Waals surface area contributed by atoms with Crippen LogP contribution in [0, 0.1) is 5.92 Å². The summed E-state index contributed by atoms with van der Waals surface area (Å²) in [4.78, 5) is 4.00. The summed E-state index contributed by atoms with van der Waals surface area (Å²) < 4.78 is 24.8. The number of anilines is 1. The van der Waals surface area contributed by atoms with Gasteiger partial charge in [-0.05, 0) is 25.0 Å². The van der Waals surface area contributed by atoms with Gasteiger partial charge in [0.05, 0.1) is 0 Å². The van der Waals surface area contributed by atoms with Crippen molar-refractivity contribution in [2.75, 3.05) is 5.32 Å². The van der Waals surface area contributed by atoms with E-state index in [-0.39, 0.29) is 11.6 Å². The minimum absolute atomic E-state index is 0.00320. The summed E-state index contributed by atoms with van der Waals surface area (Å²) in [6.45, 7) is 6.13. The topological polar surface area (TPSA) is 24.9 Å². The van der Waals surface area contributed by atoms with Crippen LogP contribution in [0.4, 0.5) is 14.6 Å². The maximum Gasteiger partial charge on any atom is 0.264 e. The van der Waals surface area contributed by atoms with Gasteiger partial charge in [-0.15, -0.1) is 0 Å². The molecule has 1 atom stereocenters. The molecule has 0 amide bonds. The van der Waals surface area contributed by atoms with Crippen LogP contribution >= 0.6 is 0 Å². The van der Waals surface area contributed by atoms with E-state index in [2.05, 4.69) is 24.1 Å². The smallest absolute Gasteiger partial charge is 0.264 e. The van der Waals surface area contributed by atoms with E-state index in [1.807, 2.05) is 6.92 Å². The number of halogens is 2. The molecule has 0 saturated carbocycles. The van der Waals surface area contributed by atoms with E-state index >= 15 is 0 Å². The number of rotatable bonds is 4. The van der Waals surface area contributed by atoms with Gasteiger partial charge in [0, 0.05) is 17.8 Å². The van der Waals surface area contributed by atoms with E-state index in [0.717, 1.165) is 0 Å². The third-order valence-electron chi connectivity index (χ3n) is 2.41. The normalized spacial score (nSPS) is 13.3. The van der Waals surface area contributed by atoms with Crippen LogP contribution in [0.1, 0.15) is 32.8 Å². The number of pyridine rings is 1. The molecule has 0 unspecified atom stereocenters. The van der Waals surface area contributed by atoms with Crippen molar-refractivity contribution >= 4 is 5.82 Å². The first-order valence-electron chi connectivity index (χ1n) is 5.01. The Balaban J connectivity index is 2.73. The van der Waals surface area contributed by atoms with Crippen LogP contribution in [-0.2, 0) is 0 Å². The third kappa shape index (κ3) is 3.46. The highest BCUT2D eigenvalue weighted by atomic mass is 19.3. The number of alkyl halides is 2. The molecule has 0 fully saturated rings. The molecule has 84 valence electrons. The van der Waals surface area contributed by atoms with E-state index in [1.54, 1.807) is 0 Å². The Morgan fingerprint density at radius 3 is 2.47 bits per heavy atom. The Kier molecular flexibility index (Phi) is 4.00. The number of hydrogen-bond acceptors (Lipinski definition) is 2. The first kappa shape index (κ1) is 11.9. The standard InChI is InChI=1S/C11H16F2N2/c1-7(2)8(3)15-10-6-9(11(12)13)4-5-14-10/h4-8,11H,1-3H3,(H,14,15)/t8-/m1/s1. The molecule has 0 spiro atoms. The van der Waals surface area contributed by atoms with Crippen molar-refractivity contribution < 1.29 is 8.78 Å². The quantitative estimate of drug-likeness (QED) is 0.830. The lowest BCUT2D eigenvalue weighted by atomic mass is 10.1. The summed E-state index contributed by atoms with van der Waals surface area (Å²) in [5, 5.41) is 3.09. The molecule has 1 N–H and O–H groups in total. The fourth-order valence-corrected chi connectivity index (χ4v) is 1.06. The Bertz CT molecular complexity index is 313. The molecular formula is C11H16F2N2. The number of hydrogen-bond donors (Lipinski definition) is 1. The first-order chi connectivity index (χ1) is 7.00. The molecule has 0 aliphatic heterocycles. The molecule has 2 nitrogen and oxygen atoms in total. The minimum atomic E-state index is -2.44. The van der Waals surface area contributed by atoms with Gasteiger partial charge >= 0.3 is 0 Å². The fourth-order valence-electron chi connectivity index (χ4n) is 1.06. The van der Waals surface area contributed by atoms with Gasteiger partial charge in [0.15, 0.2) is 0 Å². The molecule has 0 bridgehead atoms. The average molecular weight is 214 g/mol. The second kappa shape index (κ2) is 5.05. The molecule has 4 heteroatoms. The van der Waals surface area contributed by atoms with E-state index in [0.29, 0.717) is 11.7 Å². The molecular weight excluding hydrogens is 198 g/mol. The van der Waals surface area contributed by atoms with Crippen LogP contribution in [0.2, 0.25) is 0 Å². The van der Waals surface area contributed by atoms with Gasteiger partial charge in [-0.3, -0.25) is 0 Å². The predicted octanol–water partition coefficient (Wildman–Crippen LogP) is 3.48. The Hall–Kier alpha value is -1.19. The Labute approximate surface area is 88.7 Å². The highest BCUT2D eigenvalue weighted by molar-refractivity contribution is 5.38. The average Bonchev–Trinajstić information content (AvgIpc) is 2.18. The maximum absolute atomic E-state index is 12.4.